The molecule has 1 amide bonds. The van der Waals surface area contributed by atoms with Crippen molar-refractivity contribution in [3.63, 3.8) is 0 Å². The number of aromatic nitrogens is 2. The molecule has 0 bridgehead atoms. The molecule has 35 heavy (non-hydrogen) atoms. The van der Waals surface area contributed by atoms with E-state index in [1.54, 1.807) is 37.6 Å². The van der Waals surface area contributed by atoms with Crippen molar-refractivity contribution in [2.24, 2.45) is 0 Å². The first-order chi connectivity index (χ1) is 16.9. The maximum Gasteiger partial charge on any atom is 0.253 e. The van der Waals surface area contributed by atoms with E-state index in [0.717, 1.165) is 11.8 Å². The van der Waals surface area contributed by atoms with E-state index in [9.17, 15) is 13.6 Å². The number of halogens is 3. The Morgan fingerprint density at radius 2 is 1.80 bits per heavy atom. The van der Waals surface area contributed by atoms with Gasteiger partial charge in [0.2, 0.25) is 0 Å². The van der Waals surface area contributed by atoms with Crippen LogP contribution in [0.3, 0.4) is 0 Å². The number of pyridine rings is 1. The molecule has 0 aliphatic carbocycles. The molecular formula is C26H25ClF2N4O2. The first-order valence-electron chi connectivity index (χ1n) is 10.8. The SMILES string of the molecule is CC=O.CNCc1ccc(Cc2cncc(C(=O)NCc3cc4c(Cl)c[nH]c4cc3F)c2)c(F)c1. The van der Waals surface area contributed by atoms with Crippen molar-refractivity contribution in [1.82, 2.24) is 20.6 Å². The molecule has 0 saturated carbocycles. The molecule has 6 nitrogen and oxygen atoms in total. The summed E-state index contributed by atoms with van der Waals surface area (Å²) in [7, 11) is 1.80. The van der Waals surface area contributed by atoms with Gasteiger partial charge in [-0.1, -0.05) is 23.7 Å². The highest BCUT2D eigenvalue weighted by molar-refractivity contribution is 6.35. The number of carbonyl (C=O) groups excluding carboxylic acids is 2. The van der Waals surface area contributed by atoms with Crippen molar-refractivity contribution in [2.75, 3.05) is 7.05 Å². The van der Waals surface area contributed by atoms with E-state index in [1.165, 1.54) is 25.3 Å². The molecule has 2 aromatic heterocycles. The molecule has 4 aromatic rings. The Morgan fingerprint density at radius 1 is 1.06 bits per heavy atom. The average Bonchev–Trinajstić information content (AvgIpc) is 3.19. The van der Waals surface area contributed by atoms with E-state index in [1.807, 2.05) is 6.07 Å². The van der Waals surface area contributed by atoms with E-state index >= 15 is 0 Å². The largest absolute Gasteiger partial charge is 0.360 e. The number of benzene rings is 2. The normalized spacial score (nSPS) is 10.5. The summed E-state index contributed by atoms with van der Waals surface area (Å²) in [6.45, 7) is 2.02. The third kappa shape index (κ3) is 6.71. The molecule has 0 spiro atoms. The van der Waals surface area contributed by atoms with Gasteiger partial charge in [-0.25, -0.2) is 8.78 Å². The first kappa shape index (κ1) is 26.0. The number of H-pyrrole nitrogens is 1. The number of amides is 1. The molecule has 0 radical (unpaired) electrons. The van der Waals surface area contributed by atoms with Crippen LogP contribution in [0.1, 0.15) is 39.5 Å². The van der Waals surface area contributed by atoms with Gasteiger partial charge in [-0.3, -0.25) is 9.78 Å². The topological polar surface area (TPSA) is 86.9 Å². The molecule has 3 N–H and O–H groups in total. The Hall–Kier alpha value is -3.62. The summed E-state index contributed by atoms with van der Waals surface area (Å²) in [5.74, 6) is -1.15. The molecule has 0 atom stereocenters. The Morgan fingerprint density at radius 3 is 2.51 bits per heavy atom. The van der Waals surface area contributed by atoms with Crippen molar-refractivity contribution >= 4 is 34.7 Å². The van der Waals surface area contributed by atoms with Crippen LogP contribution in [0, 0.1) is 11.6 Å². The number of nitrogens with zero attached hydrogens (tertiary/aromatic N) is 1. The zero-order chi connectivity index (χ0) is 25.4. The monoisotopic (exact) mass is 498 g/mol. The fraction of sp³-hybridized carbons (Fsp3) is 0.192. The van der Waals surface area contributed by atoms with Gasteiger partial charge in [-0.05, 0) is 54.9 Å². The van der Waals surface area contributed by atoms with Gasteiger partial charge in [0.15, 0.2) is 0 Å². The van der Waals surface area contributed by atoms with E-state index in [0.29, 0.717) is 51.1 Å². The van der Waals surface area contributed by atoms with Crippen molar-refractivity contribution in [3.8, 4) is 0 Å². The fourth-order valence-corrected chi connectivity index (χ4v) is 3.75. The molecule has 2 aromatic carbocycles. The van der Waals surface area contributed by atoms with E-state index in [4.69, 9.17) is 16.4 Å². The fourth-order valence-electron chi connectivity index (χ4n) is 3.54. The van der Waals surface area contributed by atoms with Crippen molar-refractivity contribution in [3.05, 3.63) is 99.5 Å². The highest BCUT2D eigenvalue weighted by Gasteiger charge is 2.13. The predicted octanol–water partition coefficient (Wildman–Crippen LogP) is 4.94. The van der Waals surface area contributed by atoms with Crippen molar-refractivity contribution < 1.29 is 18.4 Å². The van der Waals surface area contributed by atoms with Crippen LogP contribution in [0.5, 0.6) is 0 Å². The van der Waals surface area contributed by atoms with Gasteiger partial charge >= 0.3 is 0 Å². The number of aromatic amines is 1. The lowest BCUT2D eigenvalue weighted by molar-refractivity contribution is -0.106. The molecule has 0 unspecified atom stereocenters. The van der Waals surface area contributed by atoms with Crippen LogP contribution in [-0.4, -0.2) is 29.2 Å². The summed E-state index contributed by atoms with van der Waals surface area (Å²) in [5.41, 5.74) is 3.29. The Labute approximate surface area is 206 Å². The molecule has 2 heterocycles. The highest BCUT2D eigenvalue weighted by Crippen LogP contribution is 2.25. The van der Waals surface area contributed by atoms with Gasteiger partial charge in [-0.15, -0.1) is 0 Å². The van der Waals surface area contributed by atoms with E-state index in [-0.39, 0.29) is 12.4 Å². The maximum absolute atomic E-state index is 14.4. The summed E-state index contributed by atoms with van der Waals surface area (Å²) in [6.07, 6.45) is 5.66. The molecule has 9 heteroatoms. The van der Waals surface area contributed by atoms with Crippen LogP contribution in [0.15, 0.2) is 55.0 Å². The van der Waals surface area contributed by atoms with Crippen LogP contribution in [0.4, 0.5) is 8.78 Å². The average molecular weight is 499 g/mol. The summed E-state index contributed by atoms with van der Waals surface area (Å²) < 4.78 is 28.7. The van der Waals surface area contributed by atoms with Gasteiger partial charge in [0.25, 0.3) is 5.91 Å². The predicted molar refractivity (Wildman–Crippen MR) is 132 cm³/mol. The van der Waals surface area contributed by atoms with Crippen LogP contribution >= 0.6 is 11.6 Å². The van der Waals surface area contributed by atoms with Gasteiger partial charge in [0.05, 0.1) is 10.6 Å². The number of aldehydes is 1. The zero-order valence-electron chi connectivity index (χ0n) is 19.3. The standard InChI is InChI=1S/C24H21ClF2N4O.C2H4O/c1-28-9-14-2-3-16(21(26)6-14)4-15-5-18(11-29-10-15)24(32)31-12-17-7-19-20(25)13-30-23(19)8-22(17)27;1-2-3/h2-3,5-8,10-11,13,28,30H,4,9,12H2,1H3,(H,31,32);2H,1H3. The molecular weight excluding hydrogens is 474 g/mol. The molecule has 182 valence electrons. The van der Waals surface area contributed by atoms with Crippen molar-refractivity contribution in [2.45, 2.75) is 26.4 Å². The molecule has 0 saturated heterocycles. The quantitative estimate of drug-likeness (QED) is 0.315. The smallest absolute Gasteiger partial charge is 0.253 e. The minimum Gasteiger partial charge on any atom is -0.360 e. The highest BCUT2D eigenvalue weighted by atomic mass is 35.5. The summed E-state index contributed by atoms with van der Waals surface area (Å²) in [4.78, 5) is 28.4. The summed E-state index contributed by atoms with van der Waals surface area (Å²) in [5, 5.41) is 6.85. The third-order valence-corrected chi connectivity index (χ3v) is 5.50. The Kier molecular flexibility index (Phi) is 9.05. The second-order valence-electron chi connectivity index (χ2n) is 7.76. The summed E-state index contributed by atoms with van der Waals surface area (Å²) >= 11 is 6.10. The second kappa shape index (κ2) is 12.2. The minimum atomic E-state index is -0.444. The second-order valence-corrected chi connectivity index (χ2v) is 8.17. The van der Waals surface area contributed by atoms with Crippen LogP contribution in [0.2, 0.25) is 5.02 Å². The Balaban J connectivity index is 0.00000108. The Bertz CT molecular complexity index is 1340. The lowest BCUT2D eigenvalue weighted by Crippen LogP contribution is -2.23. The number of hydrogen-bond donors (Lipinski definition) is 3. The first-order valence-corrected chi connectivity index (χ1v) is 11.2. The maximum atomic E-state index is 14.4. The van der Waals surface area contributed by atoms with Crippen molar-refractivity contribution in [1.29, 1.82) is 0 Å². The van der Waals surface area contributed by atoms with Crippen LogP contribution in [0.25, 0.3) is 10.9 Å². The van der Waals surface area contributed by atoms with Crippen LogP contribution in [-0.2, 0) is 24.3 Å². The number of rotatable bonds is 7. The lowest BCUT2D eigenvalue weighted by Gasteiger charge is -2.09. The number of hydrogen-bond acceptors (Lipinski definition) is 4. The van der Waals surface area contributed by atoms with Gasteiger partial charge < -0.3 is 20.4 Å². The minimum absolute atomic E-state index is 0.00605. The van der Waals surface area contributed by atoms with E-state index < -0.39 is 11.7 Å². The molecule has 0 aliphatic heterocycles. The third-order valence-electron chi connectivity index (χ3n) is 5.19. The van der Waals surface area contributed by atoms with E-state index in [2.05, 4.69) is 20.6 Å². The zero-order valence-corrected chi connectivity index (χ0v) is 20.0. The molecule has 0 aliphatic rings. The van der Waals surface area contributed by atoms with Gasteiger partial charge in [0.1, 0.15) is 17.9 Å². The van der Waals surface area contributed by atoms with Gasteiger partial charge in [-0.2, -0.15) is 0 Å². The molecule has 4 rings (SSSR count). The lowest BCUT2D eigenvalue weighted by atomic mass is 10.0. The number of fused-ring (bicyclic) bond motifs is 1. The van der Waals surface area contributed by atoms with Gasteiger partial charge in [0, 0.05) is 54.6 Å². The number of nitrogens with one attached hydrogen (secondary N) is 3. The summed E-state index contributed by atoms with van der Waals surface area (Å²) in [6, 6.07) is 9.71. The van der Waals surface area contributed by atoms with Crippen LogP contribution < -0.4 is 10.6 Å². The molecule has 0 fully saturated rings. The number of carbonyl (C=O) groups is 2.